The number of morpholine rings is 1. The van der Waals surface area contributed by atoms with E-state index in [0.29, 0.717) is 6.04 Å². The van der Waals surface area contributed by atoms with Crippen LogP contribution in [-0.2, 0) is 11.3 Å². The summed E-state index contributed by atoms with van der Waals surface area (Å²) in [5.41, 5.74) is 1.38. The Morgan fingerprint density at radius 1 is 1.38 bits per heavy atom. The van der Waals surface area contributed by atoms with Gasteiger partial charge in [0.1, 0.15) is 0 Å². The number of hydrogen-bond acceptors (Lipinski definition) is 3. The minimum absolute atomic E-state index is 0.499. The normalized spacial score (nSPS) is 22.2. The molecule has 1 atom stereocenters. The van der Waals surface area contributed by atoms with Crippen molar-refractivity contribution in [2.24, 2.45) is 0 Å². The maximum absolute atomic E-state index is 5.52. The minimum atomic E-state index is 0.499. The van der Waals surface area contributed by atoms with E-state index in [1.54, 1.807) is 0 Å². The van der Waals surface area contributed by atoms with Crippen LogP contribution in [0.3, 0.4) is 0 Å². The first-order chi connectivity index (χ1) is 7.90. The largest absolute Gasteiger partial charge is 0.378 e. The molecule has 2 rings (SSSR count). The molecule has 1 saturated heterocycles. The van der Waals surface area contributed by atoms with Crippen molar-refractivity contribution in [3.8, 4) is 0 Å². The average Bonchev–Trinajstić information content (AvgIpc) is 2.33. The maximum atomic E-state index is 5.52. The van der Waals surface area contributed by atoms with Gasteiger partial charge in [0.2, 0.25) is 0 Å². The third-order valence-corrected chi connectivity index (χ3v) is 3.02. The van der Waals surface area contributed by atoms with Gasteiger partial charge in [0.15, 0.2) is 0 Å². The molecule has 88 valence electrons. The molecule has 3 heteroatoms. The molecule has 1 N–H and O–H groups in total. The Labute approximate surface area is 97.4 Å². The Balaban J connectivity index is 1.96. The van der Waals surface area contributed by atoms with E-state index in [1.165, 1.54) is 5.56 Å². The molecule has 0 aliphatic carbocycles. The highest BCUT2D eigenvalue weighted by atomic mass is 16.5. The van der Waals surface area contributed by atoms with Crippen LogP contribution in [-0.4, -0.2) is 44.3 Å². The Morgan fingerprint density at radius 3 is 2.94 bits per heavy atom. The van der Waals surface area contributed by atoms with Gasteiger partial charge in [-0.05, 0) is 12.6 Å². The van der Waals surface area contributed by atoms with Crippen LogP contribution in [0.5, 0.6) is 0 Å². The predicted octanol–water partition coefficient (Wildman–Crippen LogP) is 1.11. The summed E-state index contributed by atoms with van der Waals surface area (Å²) in [6.07, 6.45) is 0. The fourth-order valence-corrected chi connectivity index (χ4v) is 2.14. The van der Waals surface area contributed by atoms with Gasteiger partial charge in [0.25, 0.3) is 0 Å². The van der Waals surface area contributed by atoms with Gasteiger partial charge in [-0.25, -0.2) is 0 Å². The zero-order valence-corrected chi connectivity index (χ0v) is 9.86. The maximum Gasteiger partial charge on any atom is 0.0635 e. The molecule has 1 aliphatic rings. The van der Waals surface area contributed by atoms with Gasteiger partial charge in [0, 0.05) is 25.7 Å². The van der Waals surface area contributed by atoms with Crippen LogP contribution in [0, 0.1) is 0 Å². The molecule has 1 fully saturated rings. The number of ether oxygens (including phenoxy) is 1. The molecule has 1 unspecified atom stereocenters. The third-order valence-electron chi connectivity index (χ3n) is 3.02. The van der Waals surface area contributed by atoms with E-state index in [9.17, 15) is 0 Å². The molecular formula is C13H20N2O. The third kappa shape index (κ3) is 3.04. The molecule has 1 aromatic carbocycles. The predicted molar refractivity (Wildman–Crippen MR) is 65.4 cm³/mol. The average molecular weight is 220 g/mol. The molecular weight excluding hydrogens is 200 g/mol. The number of benzene rings is 1. The van der Waals surface area contributed by atoms with Crippen molar-refractivity contribution in [1.82, 2.24) is 10.2 Å². The lowest BCUT2D eigenvalue weighted by Crippen LogP contribution is -2.49. The van der Waals surface area contributed by atoms with Crippen molar-refractivity contribution < 1.29 is 4.74 Å². The fourth-order valence-electron chi connectivity index (χ4n) is 2.14. The molecule has 0 saturated carbocycles. The molecule has 0 aromatic heterocycles. The zero-order valence-electron chi connectivity index (χ0n) is 9.86. The van der Waals surface area contributed by atoms with E-state index in [4.69, 9.17) is 4.74 Å². The summed E-state index contributed by atoms with van der Waals surface area (Å²) in [4.78, 5) is 2.50. The van der Waals surface area contributed by atoms with E-state index in [1.807, 2.05) is 7.05 Å². The first kappa shape index (κ1) is 11.6. The smallest absolute Gasteiger partial charge is 0.0635 e. The molecule has 0 bridgehead atoms. The van der Waals surface area contributed by atoms with E-state index in [-0.39, 0.29) is 0 Å². The van der Waals surface area contributed by atoms with Gasteiger partial charge in [-0.15, -0.1) is 0 Å². The molecule has 3 nitrogen and oxygen atoms in total. The molecule has 1 aliphatic heterocycles. The number of nitrogens with one attached hydrogen (secondary N) is 1. The van der Waals surface area contributed by atoms with Crippen LogP contribution in [0.15, 0.2) is 30.3 Å². The van der Waals surface area contributed by atoms with Crippen molar-refractivity contribution in [2.45, 2.75) is 12.6 Å². The monoisotopic (exact) mass is 220 g/mol. The lowest BCUT2D eigenvalue weighted by Gasteiger charge is -2.35. The van der Waals surface area contributed by atoms with Crippen molar-refractivity contribution in [1.29, 1.82) is 0 Å². The van der Waals surface area contributed by atoms with Crippen LogP contribution in [0.25, 0.3) is 0 Å². The lowest BCUT2D eigenvalue weighted by atomic mass is 10.1. The van der Waals surface area contributed by atoms with Gasteiger partial charge < -0.3 is 10.1 Å². The van der Waals surface area contributed by atoms with Gasteiger partial charge in [0.05, 0.1) is 13.2 Å². The first-order valence-electron chi connectivity index (χ1n) is 5.90. The van der Waals surface area contributed by atoms with E-state index in [2.05, 4.69) is 40.5 Å². The Kier molecular flexibility index (Phi) is 4.34. The van der Waals surface area contributed by atoms with Gasteiger partial charge in [-0.1, -0.05) is 30.3 Å². The SMILES string of the molecule is CNCC1COCCN1Cc1ccccc1. The zero-order chi connectivity index (χ0) is 11.2. The summed E-state index contributed by atoms with van der Waals surface area (Å²) in [5.74, 6) is 0. The lowest BCUT2D eigenvalue weighted by molar-refractivity contribution is -0.0103. The molecule has 0 spiro atoms. The summed E-state index contributed by atoms with van der Waals surface area (Å²) in [6, 6.07) is 11.1. The molecule has 0 radical (unpaired) electrons. The van der Waals surface area contributed by atoms with Crippen LogP contribution in [0.1, 0.15) is 5.56 Å². The van der Waals surface area contributed by atoms with E-state index in [0.717, 1.165) is 32.8 Å². The Morgan fingerprint density at radius 2 is 2.19 bits per heavy atom. The first-order valence-corrected chi connectivity index (χ1v) is 5.90. The fraction of sp³-hybridized carbons (Fsp3) is 0.538. The summed E-state index contributed by atoms with van der Waals surface area (Å²) in [5, 5.41) is 3.23. The number of rotatable bonds is 4. The number of likely N-dealkylation sites (N-methyl/N-ethyl adjacent to an activating group) is 1. The second-order valence-electron chi connectivity index (χ2n) is 4.24. The van der Waals surface area contributed by atoms with E-state index < -0.39 is 0 Å². The highest BCUT2D eigenvalue weighted by molar-refractivity contribution is 5.14. The summed E-state index contributed by atoms with van der Waals surface area (Å²) >= 11 is 0. The molecule has 16 heavy (non-hydrogen) atoms. The number of nitrogens with zero attached hydrogens (tertiary/aromatic N) is 1. The Hall–Kier alpha value is -0.900. The standard InChI is InChI=1S/C13H20N2O/c1-14-9-13-11-16-8-7-15(13)10-12-5-3-2-4-6-12/h2-6,13-14H,7-11H2,1H3. The number of hydrogen-bond donors (Lipinski definition) is 1. The highest BCUT2D eigenvalue weighted by Gasteiger charge is 2.21. The van der Waals surface area contributed by atoms with Crippen molar-refractivity contribution >= 4 is 0 Å². The van der Waals surface area contributed by atoms with Crippen LogP contribution < -0.4 is 5.32 Å². The summed E-state index contributed by atoms with van der Waals surface area (Å²) in [6.45, 7) is 4.74. The van der Waals surface area contributed by atoms with Crippen molar-refractivity contribution in [3.05, 3.63) is 35.9 Å². The second kappa shape index (κ2) is 5.99. The molecule has 0 amide bonds. The summed E-state index contributed by atoms with van der Waals surface area (Å²) < 4.78 is 5.52. The van der Waals surface area contributed by atoms with Crippen LogP contribution in [0.2, 0.25) is 0 Å². The quantitative estimate of drug-likeness (QED) is 0.822. The van der Waals surface area contributed by atoms with Crippen LogP contribution >= 0.6 is 0 Å². The van der Waals surface area contributed by atoms with Crippen molar-refractivity contribution in [2.75, 3.05) is 33.4 Å². The topological polar surface area (TPSA) is 24.5 Å². The van der Waals surface area contributed by atoms with Gasteiger partial charge >= 0.3 is 0 Å². The molecule has 1 heterocycles. The Bertz CT molecular complexity index is 300. The van der Waals surface area contributed by atoms with Gasteiger partial charge in [-0.2, -0.15) is 0 Å². The minimum Gasteiger partial charge on any atom is -0.378 e. The molecule has 1 aromatic rings. The van der Waals surface area contributed by atoms with Crippen LogP contribution in [0.4, 0.5) is 0 Å². The highest BCUT2D eigenvalue weighted by Crippen LogP contribution is 2.11. The van der Waals surface area contributed by atoms with Gasteiger partial charge in [-0.3, -0.25) is 4.90 Å². The van der Waals surface area contributed by atoms with Crippen molar-refractivity contribution in [3.63, 3.8) is 0 Å². The van der Waals surface area contributed by atoms with E-state index >= 15 is 0 Å². The summed E-state index contributed by atoms with van der Waals surface area (Å²) in [7, 11) is 2.00. The second-order valence-corrected chi connectivity index (χ2v) is 4.24.